The number of hydrogen-bond acceptors (Lipinski definition) is 6. The fourth-order valence-electron chi connectivity index (χ4n) is 4.93. The van der Waals surface area contributed by atoms with E-state index in [0.29, 0.717) is 10.7 Å². The third-order valence-corrected chi connectivity index (χ3v) is 9.34. The van der Waals surface area contributed by atoms with Gasteiger partial charge in [-0.1, -0.05) is 99.1 Å². The molecule has 2 atom stereocenters. The minimum atomic E-state index is -1.16. The molecule has 0 bridgehead atoms. The molecule has 5 aromatic rings. The first-order valence-corrected chi connectivity index (χ1v) is 16.2. The lowest BCUT2D eigenvalue weighted by molar-refractivity contribution is -0.141. The summed E-state index contributed by atoms with van der Waals surface area (Å²) in [5.74, 6) is -1.56. The van der Waals surface area contributed by atoms with Crippen LogP contribution in [0.1, 0.15) is 53.4 Å². The monoisotopic (exact) mass is 646 g/mol. The van der Waals surface area contributed by atoms with Gasteiger partial charge in [0.1, 0.15) is 12.1 Å². The number of amides is 2. The molecule has 2 heterocycles. The molecule has 9 heteroatoms. The quantitative estimate of drug-likeness (QED) is 0.149. The summed E-state index contributed by atoms with van der Waals surface area (Å²) < 4.78 is 0. The summed E-state index contributed by atoms with van der Waals surface area (Å²) in [6.07, 6.45) is 3.76. The van der Waals surface area contributed by atoms with Crippen LogP contribution in [0.15, 0.2) is 97.3 Å². The number of thiophene rings is 1. The van der Waals surface area contributed by atoms with E-state index < -0.39 is 24.0 Å². The standard InChI is InChI=1S/C38H38N4O4S/c1-23-6-10-26(11-7-23)27-14-16-28(17-15-27)30-21-39-34(40-22-30)29-12-8-25(9-13-29)20-31(35(43)41-24(2)37(45)46)42-36(44)32-18-19-33(47-32)38(3,4)5/h6-19,21-22,24,31H,20H2,1-5H3,(H,41,43)(H,42,44)(H,45,46)/t24-,31+/m1/s1. The predicted octanol–water partition coefficient (Wildman–Crippen LogP) is 7.08. The molecule has 0 radical (unpaired) electrons. The smallest absolute Gasteiger partial charge is 0.325 e. The van der Waals surface area contributed by atoms with Gasteiger partial charge in [-0.25, -0.2) is 9.97 Å². The maximum atomic E-state index is 13.2. The second kappa shape index (κ2) is 14.1. The van der Waals surface area contributed by atoms with Crippen LogP contribution in [0.3, 0.4) is 0 Å². The topological polar surface area (TPSA) is 121 Å². The second-order valence-electron chi connectivity index (χ2n) is 12.6. The Kier molecular flexibility index (Phi) is 9.96. The highest BCUT2D eigenvalue weighted by atomic mass is 32.1. The SMILES string of the molecule is Cc1ccc(-c2ccc(-c3cnc(-c4ccc(C[C@H](NC(=O)c5ccc(C(C)(C)C)s5)C(=O)N[C@H](C)C(=O)O)cc4)nc3)cc2)cc1. The molecule has 5 rings (SSSR count). The Morgan fingerprint density at radius 3 is 1.81 bits per heavy atom. The maximum Gasteiger partial charge on any atom is 0.325 e. The molecule has 240 valence electrons. The van der Waals surface area contributed by atoms with Crippen molar-refractivity contribution in [1.82, 2.24) is 20.6 Å². The molecule has 0 fully saturated rings. The summed E-state index contributed by atoms with van der Waals surface area (Å²) in [7, 11) is 0. The highest BCUT2D eigenvalue weighted by molar-refractivity contribution is 7.14. The number of nitrogens with one attached hydrogen (secondary N) is 2. The van der Waals surface area contributed by atoms with Gasteiger partial charge in [-0.05, 0) is 53.6 Å². The van der Waals surface area contributed by atoms with Gasteiger partial charge >= 0.3 is 5.97 Å². The van der Waals surface area contributed by atoms with E-state index in [4.69, 9.17) is 0 Å². The molecule has 8 nitrogen and oxygen atoms in total. The van der Waals surface area contributed by atoms with Crippen LogP contribution in [0, 0.1) is 6.92 Å². The van der Waals surface area contributed by atoms with Gasteiger partial charge in [-0.2, -0.15) is 0 Å². The molecule has 0 saturated carbocycles. The Morgan fingerprint density at radius 2 is 1.28 bits per heavy atom. The number of aliphatic carboxylic acids is 1. The van der Waals surface area contributed by atoms with Crippen molar-refractivity contribution in [2.24, 2.45) is 0 Å². The first-order chi connectivity index (χ1) is 22.4. The Bertz CT molecular complexity index is 1860. The van der Waals surface area contributed by atoms with Crippen LogP contribution in [0.5, 0.6) is 0 Å². The average molecular weight is 647 g/mol. The molecule has 2 amide bonds. The van der Waals surface area contributed by atoms with Crippen molar-refractivity contribution in [2.45, 2.75) is 58.5 Å². The molecule has 47 heavy (non-hydrogen) atoms. The number of carbonyl (C=O) groups excluding carboxylic acids is 2. The van der Waals surface area contributed by atoms with Crippen molar-refractivity contribution >= 4 is 29.1 Å². The van der Waals surface area contributed by atoms with Gasteiger partial charge in [-0.15, -0.1) is 11.3 Å². The van der Waals surface area contributed by atoms with Gasteiger partial charge in [0, 0.05) is 34.8 Å². The van der Waals surface area contributed by atoms with E-state index in [2.05, 4.69) is 96.8 Å². The minimum Gasteiger partial charge on any atom is -0.480 e. The maximum absolute atomic E-state index is 13.2. The first-order valence-electron chi connectivity index (χ1n) is 15.4. The van der Waals surface area contributed by atoms with Crippen molar-refractivity contribution < 1.29 is 19.5 Å². The van der Waals surface area contributed by atoms with Crippen LogP contribution in [0.4, 0.5) is 0 Å². The Hall–Kier alpha value is -5.15. The molecule has 0 unspecified atom stereocenters. The van der Waals surface area contributed by atoms with Crippen LogP contribution in [-0.2, 0) is 21.4 Å². The molecule has 0 aliphatic rings. The number of carboxylic acid groups (broad SMARTS) is 1. The van der Waals surface area contributed by atoms with Gasteiger partial charge in [0.2, 0.25) is 5.91 Å². The summed E-state index contributed by atoms with van der Waals surface area (Å²) >= 11 is 1.37. The number of aromatic nitrogens is 2. The molecule has 0 aliphatic heterocycles. The lowest BCUT2D eigenvalue weighted by atomic mass is 9.95. The zero-order valence-corrected chi connectivity index (χ0v) is 27.9. The van der Waals surface area contributed by atoms with Crippen LogP contribution >= 0.6 is 11.3 Å². The summed E-state index contributed by atoms with van der Waals surface area (Å²) in [6, 6.07) is 25.8. The summed E-state index contributed by atoms with van der Waals surface area (Å²) in [5, 5.41) is 14.6. The first kappa shape index (κ1) is 33.2. The fraction of sp³-hybridized carbons (Fsp3) is 0.237. The van der Waals surface area contributed by atoms with E-state index in [1.165, 1.54) is 29.4 Å². The molecular formula is C38H38N4O4S. The van der Waals surface area contributed by atoms with Gasteiger partial charge < -0.3 is 15.7 Å². The summed E-state index contributed by atoms with van der Waals surface area (Å²) in [4.78, 5) is 48.4. The molecule has 3 N–H and O–H groups in total. The summed E-state index contributed by atoms with van der Waals surface area (Å²) in [5.41, 5.74) is 6.92. The third kappa shape index (κ3) is 8.37. The fourth-order valence-corrected chi connectivity index (χ4v) is 5.90. The zero-order valence-electron chi connectivity index (χ0n) is 27.1. The lowest BCUT2D eigenvalue weighted by Gasteiger charge is -2.20. The van der Waals surface area contributed by atoms with E-state index in [1.54, 1.807) is 18.5 Å². The van der Waals surface area contributed by atoms with E-state index in [0.717, 1.165) is 32.7 Å². The Morgan fingerprint density at radius 1 is 0.745 bits per heavy atom. The van der Waals surface area contributed by atoms with E-state index in [-0.39, 0.29) is 17.7 Å². The molecule has 3 aromatic carbocycles. The summed E-state index contributed by atoms with van der Waals surface area (Å²) in [6.45, 7) is 9.66. The second-order valence-corrected chi connectivity index (χ2v) is 13.7. The van der Waals surface area contributed by atoms with E-state index in [9.17, 15) is 19.5 Å². The van der Waals surface area contributed by atoms with Gasteiger partial charge in [-0.3, -0.25) is 14.4 Å². The normalized spacial score (nSPS) is 12.6. The highest BCUT2D eigenvalue weighted by Gasteiger charge is 2.26. The van der Waals surface area contributed by atoms with Crippen molar-refractivity contribution in [2.75, 3.05) is 0 Å². The number of rotatable bonds is 10. The molecule has 0 spiro atoms. The Balaban J connectivity index is 1.28. The minimum absolute atomic E-state index is 0.115. The van der Waals surface area contributed by atoms with Crippen LogP contribution in [-0.4, -0.2) is 44.9 Å². The van der Waals surface area contributed by atoms with Crippen molar-refractivity contribution in [1.29, 1.82) is 0 Å². The average Bonchev–Trinajstić information content (AvgIpc) is 3.57. The van der Waals surface area contributed by atoms with Crippen LogP contribution in [0.25, 0.3) is 33.6 Å². The van der Waals surface area contributed by atoms with Crippen molar-refractivity contribution in [3.05, 3.63) is 118 Å². The van der Waals surface area contributed by atoms with Gasteiger partial charge in [0.25, 0.3) is 5.91 Å². The lowest BCUT2D eigenvalue weighted by Crippen LogP contribution is -2.51. The third-order valence-electron chi connectivity index (χ3n) is 7.83. The number of hydrogen-bond donors (Lipinski definition) is 3. The number of benzene rings is 3. The molecule has 2 aromatic heterocycles. The van der Waals surface area contributed by atoms with Crippen LogP contribution in [0.2, 0.25) is 0 Å². The van der Waals surface area contributed by atoms with Gasteiger partial charge in [0.15, 0.2) is 5.82 Å². The van der Waals surface area contributed by atoms with Gasteiger partial charge in [0.05, 0.1) is 4.88 Å². The number of nitrogens with zero attached hydrogens (tertiary/aromatic N) is 2. The predicted molar refractivity (Wildman–Crippen MR) is 186 cm³/mol. The van der Waals surface area contributed by atoms with Crippen molar-refractivity contribution in [3.8, 4) is 33.6 Å². The molecule has 0 aliphatic carbocycles. The largest absolute Gasteiger partial charge is 0.480 e. The Labute approximate surface area is 278 Å². The molecule has 0 saturated heterocycles. The zero-order chi connectivity index (χ0) is 33.7. The van der Waals surface area contributed by atoms with E-state index in [1.807, 2.05) is 30.3 Å². The number of aryl methyl sites for hydroxylation is 1. The van der Waals surface area contributed by atoms with Crippen molar-refractivity contribution in [3.63, 3.8) is 0 Å². The number of carbonyl (C=O) groups is 3. The molecular weight excluding hydrogens is 609 g/mol. The number of carboxylic acids is 1. The van der Waals surface area contributed by atoms with E-state index >= 15 is 0 Å². The van der Waals surface area contributed by atoms with Crippen LogP contribution < -0.4 is 10.6 Å². The highest BCUT2D eigenvalue weighted by Crippen LogP contribution is 2.30.